The highest BCUT2D eigenvalue weighted by Gasteiger charge is 2.15. The van der Waals surface area contributed by atoms with Crippen LogP contribution in [0, 0.1) is 5.82 Å². The van der Waals surface area contributed by atoms with Gasteiger partial charge in [0.2, 0.25) is 0 Å². The van der Waals surface area contributed by atoms with E-state index >= 15 is 0 Å². The van der Waals surface area contributed by atoms with Crippen molar-refractivity contribution in [2.75, 3.05) is 5.73 Å². The van der Waals surface area contributed by atoms with Gasteiger partial charge in [-0.15, -0.1) is 11.3 Å². The van der Waals surface area contributed by atoms with Crippen molar-refractivity contribution >= 4 is 16.3 Å². The van der Waals surface area contributed by atoms with Crippen molar-refractivity contribution in [1.29, 1.82) is 0 Å². The Morgan fingerprint density at radius 1 is 1.33 bits per heavy atom. The van der Waals surface area contributed by atoms with Crippen LogP contribution in [0.3, 0.4) is 0 Å². The summed E-state index contributed by atoms with van der Waals surface area (Å²) in [5.74, 6) is 0.556. The number of rotatable bonds is 4. The second kappa shape index (κ2) is 5.65. The number of nitrogens with zero attached hydrogens (tertiary/aromatic N) is 2. The van der Waals surface area contributed by atoms with Gasteiger partial charge in [-0.2, -0.15) is 4.98 Å². The number of anilines is 1. The summed E-state index contributed by atoms with van der Waals surface area (Å²) >= 11 is 1.51. The van der Waals surface area contributed by atoms with E-state index in [4.69, 9.17) is 10.3 Å². The molecule has 0 unspecified atom stereocenters. The van der Waals surface area contributed by atoms with Crippen molar-refractivity contribution in [3.05, 3.63) is 52.4 Å². The number of aromatic nitrogens is 2. The Hall–Kier alpha value is -2.21. The minimum Gasteiger partial charge on any atom is -0.390 e. The molecule has 4 nitrogen and oxygen atoms in total. The summed E-state index contributed by atoms with van der Waals surface area (Å²) in [6, 6.07) is 8.52. The number of halogens is 1. The van der Waals surface area contributed by atoms with Crippen LogP contribution in [-0.4, -0.2) is 10.1 Å². The first-order valence-electron chi connectivity index (χ1n) is 6.62. The van der Waals surface area contributed by atoms with Crippen LogP contribution in [-0.2, 0) is 12.8 Å². The number of nitrogens with two attached hydrogens (primary N) is 1. The van der Waals surface area contributed by atoms with Crippen LogP contribution in [0.25, 0.3) is 11.5 Å². The quantitative estimate of drug-likeness (QED) is 0.798. The third-order valence-corrected chi connectivity index (χ3v) is 4.27. The minimum absolute atomic E-state index is 0.271. The molecule has 2 heterocycles. The Bertz CT molecular complexity index is 766. The summed E-state index contributed by atoms with van der Waals surface area (Å²) in [4.78, 5) is 5.47. The van der Waals surface area contributed by atoms with E-state index in [9.17, 15) is 4.39 Å². The molecule has 0 aliphatic rings. The molecule has 3 aromatic rings. The van der Waals surface area contributed by atoms with E-state index in [0.717, 1.165) is 16.9 Å². The van der Waals surface area contributed by atoms with Gasteiger partial charge in [0.05, 0.1) is 10.6 Å². The van der Waals surface area contributed by atoms with E-state index in [1.165, 1.54) is 17.4 Å². The van der Waals surface area contributed by atoms with E-state index in [1.807, 2.05) is 6.07 Å². The monoisotopic (exact) mass is 303 g/mol. The highest BCUT2D eigenvalue weighted by Crippen LogP contribution is 2.33. The van der Waals surface area contributed by atoms with Gasteiger partial charge in [-0.05, 0) is 24.1 Å². The second-order valence-corrected chi connectivity index (χ2v) is 5.80. The number of benzene rings is 1. The Balaban J connectivity index is 1.86. The topological polar surface area (TPSA) is 64.9 Å². The molecule has 6 heteroatoms. The van der Waals surface area contributed by atoms with Gasteiger partial charge in [0.15, 0.2) is 5.82 Å². The molecule has 2 aromatic heterocycles. The Kier molecular flexibility index (Phi) is 3.70. The van der Waals surface area contributed by atoms with Crippen molar-refractivity contribution in [1.82, 2.24) is 10.1 Å². The van der Waals surface area contributed by atoms with Crippen LogP contribution in [0.5, 0.6) is 0 Å². The first-order chi connectivity index (χ1) is 10.2. The Morgan fingerprint density at radius 2 is 2.14 bits per heavy atom. The Morgan fingerprint density at radius 3 is 2.86 bits per heavy atom. The molecule has 0 spiro atoms. The van der Waals surface area contributed by atoms with Crippen LogP contribution in [0.1, 0.15) is 23.2 Å². The molecule has 2 N–H and O–H groups in total. The van der Waals surface area contributed by atoms with E-state index < -0.39 is 0 Å². The fourth-order valence-electron chi connectivity index (χ4n) is 2.05. The van der Waals surface area contributed by atoms with Crippen molar-refractivity contribution in [2.45, 2.75) is 19.8 Å². The average Bonchev–Trinajstić information content (AvgIpc) is 3.07. The summed E-state index contributed by atoms with van der Waals surface area (Å²) < 4.78 is 18.9. The molecule has 0 amide bonds. The normalized spacial score (nSPS) is 11.0. The Labute approximate surface area is 125 Å². The van der Waals surface area contributed by atoms with Gasteiger partial charge in [0.25, 0.3) is 5.89 Å². The molecule has 0 aliphatic heterocycles. The lowest BCUT2D eigenvalue weighted by atomic mass is 10.1. The lowest BCUT2D eigenvalue weighted by molar-refractivity contribution is 0.424. The van der Waals surface area contributed by atoms with Crippen LogP contribution in [0.15, 0.2) is 34.9 Å². The molecule has 0 aliphatic carbocycles. The molecular formula is C15H14FN3OS. The van der Waals surface area contributed by atoms with E-state index in [1.54, 1.807) is 18.2 Å². The van der Waals surface area contributed by atoms with Gasteiger partial charge in [-0.3, -0.25) is 0 Å². The maximum absolute atomic E-state index is 13.6. The maximum Gasteiger partial charge on any atom is 0.260 e. The third-order valence-electron chi connectivity index (χ3n) is 3.17. The number of thiophene rings is 1. The van der Waals surface area contributed by atoms with Crippen molar-refractivity contribution in [3.63, 3.8) is 0 Å². The highest BCUT2D eigenvalue weighted by molar-refractivity contribution is 7.16. The molecule has 0 saturated heterocycles. The van der Waals surface area contributed by atoms with Gasteiger partial charge < -0.3 is 10.3 Å². The molecule has 0 atom stereocenters. The van der Waals surface area contributed by atoms with Gasteiger partial charge in [0.1, 0.15) is 5.82 Å². The molecular weight excluding hydrogens is 289 g/mol. The van der Waals surface area contributed by atoms with E-state index in [2.05, 4.69) is 17.1 Å². The number of hydrogen-bond acceptors (Lipinski definition) is 5. The number of aryl methyl sites for hydroxylation is 1. The van der Waals surface area contributed by atoms with Crippen LogP contribution < -0.4 is 5.73 Å². The smallest absolute Gasteiger partial charge is 0.260 e. The van der Waals surface area contributed by atoms with Crippen molar-refractivity contribution < 1.29 is 8.91 Å². The predicted octanol–water partition coefficient (Wildman–Crippen LogP) is 3.67. The standard InChI is InChI=1S/C15H14FN3OS/c1-2-10-8-11(14(17)21-10)15-18-13(19-20-15)7-9-5-3-4-6-12(9)16/h3-6,8H,2,7,17H2,1H3. The van der Waals surface area contributed by atoms with E-state index in [0.29, 0.717) is 28.7 Å². The summed E-state index contributed by atoms with van der Waals surface area (Å²) in [6.07, 6.45) is 1.20. The molecule has 0 saturated carbocycles. The zero-order chi connectivity index (χ0) is 14.8. The number of nitrogen functional groups attached to an aromatic ring is 1. The molecule has 3 rings (SSSR count). The van der Waals surface area contributed by atoms with Crippen LogP contribution >= 0.6 is 11.3 Å². The maximum atomic E-state index is 13.6. The van der Waals surface area contributed by atoms with Crippen LogP contribution in [0.2, 0.25) is 0 Å². The zero-order valence-corrected chi connectivity index (χ0v) is 12.3. The lowest BCUT2D eigenvalue weighted by Crippen LogP contribution is -1.94. The minimum atomic E-state index is -0.271. The van der Waals surface area contributed by atoms with E-state index in [-0.39, 0.29) is 5.82 Å². The van der Waals surface area contributed by atoms with Gasteiger partial charge >= 0.3 is 0 Å². The first kappa shape index (κ1) is 13.8. The molecule has 1 aromatic carbocycles. The van der Waals surface area contributed by atoms with Crippen molar-refractivity contribution in [2.24, 2.45) is 0 Å². The summed E-state index contributed by atoms with van der Waals surface area (Å²) in [5, 5.41) is 4.56. The second-order valence-electron chi connectivity index (χ2n) is 4.63. The molecule has 0 bridgehead atoms. The van der Waals surface area contributed by atoms with Gasteiger partial charge in [-0.25, -0.2) is 4.39 Å². The summed E-state index contributed by atoms with van der Waals surface area (Å²) in [6.45, 7) is 2.06. The summed E-state index contributed by atoms with van der Waals surface area (Å²) in [7, 11) is 0. The third kappa shape index (κ3) is 2.80. The SMILES string of the molecule is CCc1cc(-c2nc(Cc3ccccc3F)no2)c(N)s1. The molecule has 21 heavy (non-hydrogen) atoms. The average molecular weight is 303 g/mol. The zero-order valence-electron chi connectivity index (χ0n) is 11.5. The summed E-state index contributed by atoms with van der Waals surface area (Å²) in [5.41, 5.74) is 7.26. The molecule has 0 fully saturated rings. The lowest BCUT2D eigenvalue weighted by Gasteiger charge is -1.97. The molecule has 108 valence electrons. The van der Waals surface area contributed by atoms with Crippen molar-refractivity contribution in [3.8, 4) is 11.5 Å². The highest BCUT2D eigenvalue weighted by atomic mass is 32.1. The molecule has 0 radical (unpaired) electrons. The van der Waals surface area contributed by atoms with Gasteiger partial charge in [0, 0.05) is 11.3 Å². The first-order valence-corrected chi connectivity index (χ1v) is 7.43. The largest absolute Gasteiger partial charge is 0.390 e. The fraction of sp³-hybridized carbons (Fsp3) is 0.200. The fourth-order valence-corrected chi connectivity index (χ4v) is 2.91. The van der Waals surface area contributed by atoms with Gasteiger partial charge in [-0.1, -0.05) is 30.3 Å². The van der Waals surface area contributed by atoms with Crippen LogP contribution in [0.4, 0.5) is 9.39 Å². The number of hydrogen-bond donors (Lipinski definition) is 1. The predicted molar refractivity (Wildman–Crippen MR) is 80.6 cm³/mol.